The number of urea groups is 2. The van der Waals surface area contributed by atoms with Gasteiger partial charge in [-0.25, -0.2) is 33.9 Å². The Balaban J connectivity index is 1.15. The molecule has 21 heteroatoms. The summed E-state index contributed by atoms with van der Waals surface area (Å²) in [6.07, 6.45) is -7.21. The minimum Gasteiger partial charge on any atom is -0.480 e. The Bertz CT molecular complexity index is 3120. The van der Waals surface area contributed by atoms with E-state index in [1.807, 2.05) is 0 Å². The number of hydrogen-bond acceptors (Lipinski definition) is 10. The van der Waals surface area contributed by atoms with Gasteiger partial charge in [0.2, 0.25) is 11.8 Å². The molecule has 67 heavy (non-hydrogen) atoms. The third-order valence-corrected chi connectivity index (χ3v) is 9.59. The number of halogens is 7. The summed E-state index contributed by atoms with van der Waals surface area (Å²) in [7, 11) is 2.87. The molecule has 0 saturated heterocycles. The molecule has 2 N–H and O–H groups in total. The van der Waals surface area contributed by atoms with E-state index in [1.165, 1.54) is 75.1 Å². The number of hydrazine groups is 1. The molecule has 340 valence electrons. The first-order valence-corrected chi connectivity index (χ1v) is 19.5. The summed E-state index contributed by atoms with van der Waals surface area (Å²) < 4.78 is 121. The highest BCUT2D eigenvalue weighted by molar-refractivity contribution is 6.13. The molecule has 0 aliphatic carbocycles. The van der Waals surface area contributed by atoms with Gasteiger partial charge in [-0.05, 0) is 109 Å². The highest BCUT2D eigenvalue weighted by Crippen LogP contribution is 2.37. The number of nitrogens with zero attached hydrogens (tertiary/aromatic N) is 6. The fourth-order valence-electron chi connectivity index (χ4n) is 6.44. The normalized spacial score (nSPS) is 11.5. The van der Waals surface area contributed by atoms with Crippen molar-refractivity contribution < 1.29 is 59.3 Å². The van der Waals surface area contributed by atoms with Crippen LogP contribution in [-0.4, -0.2) is 46.2 Å². The predicted octanol–water partition coefficient (Wildman–Crippen LogP) is 12.0. The number of hydrogen-bond donors (Lipinski definition) is 2. The van der Waals surface area contributed by atoms with Gasteiger partial charge in [0.15, 0.2) is 0 Å². The zero-order valence-electron chi connectivity index (χ0n) is 34.6. The van der Waals surface area contributed by atoms with E-state index >= 15 is 0 Å². The molecule has 8 aromatic rings. The van der Waals surface area contributed by atoms with Crippen molar-refractivity contribution in [2.75, 3.05) is 34.9 Å². The van der Waals surface area contributed by atoms with Gasteiger partial charge in [-0.2, -0.15) is 36.4 Å². The number of amides is 4. The first-order chi connectivity index (χ1) is 32.0. The molecule has 0 atom stereocenters. The molecule has 2 heterocycles. The van der Waals surface area contributed by atoms with Gasteiger partial charge in [-0.1, -0.05) is 6.07 Å². The maximum absolute atomic E-state index is 14.8. The number of aromatic nitrogens is 4. The number of benzene rings is 6. The summed E-state index contributed by atoms with van der Waals surface area (Å²) in [4.78, 5) is 46.1. The van der Waals surface area contributed by atoms with Gasteiger partial charge in [0.05, 0.1) is 71.2 Å². The number of carbonyl (C=O) groups excluding carboxylic acids is 2. The Kier molecular flexibility index (Phi) is 12.3. The van der Waals surface area contributed by atoms with Crippen molar-refractivity contribution in [1.82, 2.24) is 19.9 Å². The van der Waals surface area contributed by atoms with Crippen LogP contribution in [0.1, 0.15) is 11.1 Å². The highest BCUT2D eigenvalue weighted by Gasteiger charge is 2.37. The van der Waals surface area contributed by atoms with Crippen molar-refractivity contribution >= 4 is 56.9 Å². The first kappa shape index (κ1) is 44.8. The lowest BCUT2D eigenvalue weighted by atomic mass is 10.1. The van der Waals surface area contributed by atoms with Crippen molar-refractivity contribution in [1.29, 1.82) is 0 Å². The molecule has 0 bridgehead atoms. The van der Waals surface area contributed by atoms with Crippen LogP contribution in [0.25, 0.3) is 22.1 Å². The van der Waals surface area contributed by atoms with E-state index in [1.54, 1.807) is 36.4 Å². The van der Waals surface area contributed by atoms with E-state index in [4.69, 9.17) is 18.9 Å². The monoisotopic (exact) mass is 924 g/mol. The maximum Gasteiger partial charge on any atom is 0.419 e. The van der Waals surface area contributed by atoms with E-state index in [0.29, 0.717) is 56.0 Å². The van der Waals surface area contributed by atoms with E-state index in [-0.39, 0.29) is 40.4 Å². The topological polar surface area (TPSA) is 153 Å². The Hall–Kier alpha value is -8.75. The SMILES string of the molecule is COc1cnc2ccc(Oc3ccc(NC(=O)N(c4ccc(F)c(C(F)(F)F)c4)N(C(=O)Nc4cccc(C(F)(F)F)c4)c4ccc(Oc5ccc6ncc(OC)nc6c5)cc4)cc3)cc2n1. The molecule has 0 aliphatic rings. The molecule has 4 amide bonds. The number of fused-ring (bicyclic) bond motifs is 2. The number of nitrogens with one attached hydrogen (secondary N) is 2. The average Bonchev–Trinajstić information content (AvgIpc) is 3.31. The summed E-state index contributed by atoms with van der Waals surface area (Å²) in [5, 5.41) is 5.82. The molecule has 0 aliphatic heterocycles. The minimum absolute atomic E-state index is 0.0364. The largest absolute Gasteiger partial charge is 0.480 e. The molecule has 0 radical (unpaired) electrons. The molecule has 8 rings (SSSR count). The second kappa shape index (κ2) is 18.4. The number of rotatable bonds is 10. The molecule has 14 nitrogen and oxygen atoms in total. The van der Waals surface area contributed by atoms with Crippen molar-refractivity contribution in [3.05, 3.63) is 157 Å². The first-order valence-electron chi connectivity index (χ1n) is 19.5. The van der Waals surface area contributed by atoms with Gasteiger partial charge in [0, 0.05) is 23.5 Å². The second-order valence-electron chi connectivity index (χ2n) is 14.1. The standard InChI is InChI=1S/C46H31F7N8O6/c1-64-41-24-54-37-18-15-33(22-39(37)58-41)66-31-11-6-27(7-12-31)56-43(62)61(30-10-17-36(47)35(21-30)46(51,52)53)60(44(63)57-28-5-3-4-26(20-28)45(48,49)50)29-8-13-32(14-9-29)67-34-16-19-38-40(23-34)59-42(65-2)25-55-38/h3-25H,1-2H3,(H,56,62)(H,57,63). The van der Waals surface area contributed by atoms with Gasteiger partial charge in [0.25, 0.3) is 0 Å². The van der Waals surface area contributed by atoms with Crippen LogP contribution in [-0.2, 0) is 12.4 Å². The fraction of sp³-hybridized carbons (Fsp3) is 0.0870. The molecular formula is C46H31F7N8O6. The molecule has 6 aromatic carbocycles. The number of carbonyl (C=O) groups is 2. The van der Waals surface area contributed by atoms with Gasteiger partial charge in [-0.15, -0.1) is 0 Å². The lowest BCUT2D eigenvalue weighted by molar-refractivity contribution is -0.140. The quantitative estimate of drug-likeness (QED) is 0.100. The molecule has 2 aromatic heterocycles. The van der Waals surface area contributed by atoms with E-state index in [2.05, 4.69) is 30.6 Å². The summed E-state index contributed by atoms with van der Waals surface area (Å²) in [6.45, 7) is 0. The maximum atomic E-state index is 14.8. The van der Waals surface area contributed by atoms with Crippen LogP contribution in [0.2, 0.25) is 0 Å². The van der Waals surface area contributed by atoms with Gasteiger partial charge < -0.3 is 29.6 Å². The van der Waals surface area contributed by atoms with Crippen molar-refractivity contribution in [2.45, 2.75) is 12.4 Å². The number of anilines is 4. The Morgan fingerprint density at radius 1 is 0.522 bits per heavy atom. The molecule has 0 saturated carbocycles. The number of ether oxygens (including phenoxy) is 4. The summed E-state index contributed by atoms with van der Waals surface area (Å²) in [6, 6.07) is 23.1. The highest BCUT2D eigenvalue weighted by atomic mass is 19.4. The van der Waals surface area contributed by atoms with E-state index in [0.717, 1.165) is 24.3 Å². The lowest BCUT2D eigenvalue weighted by Gasteiger charge is -2.35. The second-order valence-corrected chi connectivity index (χ2v) is 14.1. The smallest absolute Gasteiger partial charge is 0.419 e. The average molecular weight is 925 g/mol. The molecule has 0 unspecified atom stereocenters. The predicted molar refractivity (Wildman–Crippen MR) is 231 cm³/mol. The van der Waals surface area contributed by atoms with Crippen molar-refractivity contribution in [2.24, 2.45) is 0 Å². The minimum atomic E-state index is -5.27. The fourth-order valence-corrected chi connectivity index (χ4v) is 6.44. The Labute approximate surface area is 374 Å². The van der Waals surface area contributed by atoms with Gasteiger partial charge >= 0.3 is 24.4 Å². The molecule has 0 fully saturated rings. The summed E-state index contributed by atoms with van der Waals surface area (Å²) in [5.41, 5.74) is -2.20. The third kappa shape index (κ3) is 10.3. The van der Waals surface area contributed by atoms with Crippen LogP contribution < -0.4 is 39.6 Å². The number of methoxy groups -OCH3 is 2. The third-order valence-electron chi connectivity index (χ3n) is 9.59. The van der Waals surface area contributed by atoms with Crippen LogP contribution in [0.4, 0.5) is 63.1 Å². The number of alkyl halides is 6. The zero-order chi connectivity index (χ0) is 47.5. The van der Waals surface area contributed by atoms with E-state index in [9.17, 15) is 40.3 Å². The van der Waals surface area contributed by atoms with Crippen LogP contribution in [0.15, 0.2) is 140 Å². The molecule has 0 spiro atoms. The van der Waals surface area contributed by atoms with Crippen molar-refractivity contribution in [3.8, 4) is 34.8 Å². The zero-order valence-corrected chi connectivity index (χ0v) is 34.6. The van der Waals surface area contributed by atoms with Gasteiger partial charge in [0.1, 0.15) is 28.8 Å². The Morgan fingerprint density at radius 2 is 1.01 bits per heavy atom. The van der Waals surface area contributed by atoms with E-state index < -0.39 is 52.7 Å². The van der Waals surface area contributed by atoms with Crippen LogP contribution in [0.5, 0.6) is 34.8 Å². The van der Waals surface area contributed by atoms with Gasteiger partial charge in [-0.3, -0.25) is 0 Å². The molecular weight excluding hydrogens is 894 g/mol. The van der Waals surface area contributed by atoms with Crippen LogP contribution in [0.3, 0.4) is 0 Å². The summed E-state index contributed by atoms with van der Waals surface area (Å²) in [5.74, 6) is -0.0765. The van der Waals surface area contributed by atoms with Crippen LogP contribution >= 0.6 is 0 Å². The van der Waals surface area contributed by atoms with Crippen molar-refractivity contribution in [3.63, 3.8) is 0 Å². The lowest BCUT2D eigenvalue weighted by Crippen LogP contribution is -2.54. The van der Waals surface area contributed by atoms with Crippen LogP contribution in [0, 0.1) is 5.82 Å². The summed E-state index contributed by atoms with van der Waals surface area (Å²) >= 11 is 0. The Morgan fingerprint density at radius 3 is 1.54 bits per heavy atom.